The third kappa shape index (κ3) is 2.29. The summed E-state index contributed by atoms with van der Waals surface area (Å²) >= 11 is 0. The van der Waals surface area contributed by atoms with E-state index in [4.69, 9.17) is 4.42 Å². The van der Waals surface area contributed by atoms with E-state index in [9.17, 15) is 14.9 Å². The Hall–Kier alpha value is -1.73. The van der Waals surface area contributed by atoms with Crippen LogP contribution in [0, 0.1) is 20.9 Å². The lowest BCUT2D eigenvalue weighted by Crippen LogP contribution is -3.41. The Kier molecular flexibility index (Phi) is 3.77. The summed E-state index contributed by atoms with van der Waals surface area (Å²) in [5.41, 5.74) is -0.416. The zero-order valence-corrected chi connectivity index (χ0v) is 15.0. The van der Waals surface area contributed by atoms with Crippen molar-refractivity contribution in [3.63, 3.8) is 0 Å². The van der Waals surface area contributed by atoms with Crippen LogP contribution < -0.4 is 9.80 Å². The van der Waals surface area contributed by atoms with Gasteiger partial charge in [0.05, 0.1) is 6.07 Å². The van der Waals surface area contributed by atoms with Crippen molar-refractivity contribution in [1.82, 2.24) is 0 Å². The molecule has 5 heterocycles. The molecule has 4 fully saturated rings. The Morgan fingerprint density at radius 2 is 1.64 bits per heavy atom. The standard InChI is InChI=1S/C18H25N3O4/c1-3-7-17-9-19-11-18(8-4-2,16(17)22)12-20(10-17)15(19)13-5-6-14(25-13)21(23)24/h5-6,15H,3-4,7-12H2,1-2H3/p+2. The lowest BCUT2D eigenvalue weighted by molar-refractivity contribution is -1.18. The van der Waals surface area contributed by atoms with E-state index in [0.29, 0.717) is 11.5 Å². The van der Waals surface area contributed by atoms with E-state index in [-0.39, 0.29) is 22.9 Å². The van der Waals surface area contributed by atoms with Crippen LogP contribution in [-0.2, 0) is 4.79 Å². The van der Waals surface area contributed by atoms with Crippen LogP contribution in [0.4, 0.5) is 5.88 Å². The number of piperidine rings is 2. The zero-order chi connectivity index (χ0) is 17.8. The average molecular weight is 349 g/mol. The molecule has 5 rings (SSSR count). The third-order valence-electron chi connectivity index (χ3n) is 6.58. The normalized spacial score (nSPS) is 39.1. The molecule has 0 unspecified atom stereocenters. The lowest BCUT2D eigenvalue weighted by Gasteiger charge is -2.60. The first-order valence-electron chi connectivity index (χ1n) is 9.43. The fourth-order valence-electron chi connectivity index (χ4n) is 6.10. The monoisotopic (exact) mass is 349 g/mol. The highest BCUT2D eigenvalue weighted by Gasteiger charge is 2.71. The van der Waals surface area contributed by atoms with E-state index >= 15 is 0 Å². The molecule has 0 aliphatic carbocycles. The zero-order valence-electron chi connectivity index (χ0n) is 15.0. The van der Waals surface area contributed by atoms with Crippen LogP contribution in [0.3, 0.4) is 0 Å². The Morgan fingerprint density at radius 1 is 1.12 bits per heavy atom. The summed E-state index contributed by atoms with van der Waals surface area (Å²) < 4.78 is 5.56. The number of rotatable bonds is 6. The van der Waals surface area contributed by atoms with Gasteiger partial charge in [-0.1, -0.05) is 26.7 Å². The second-order valence-corrected chi connectivity index (χ2v) is 8.28. The second-order valence-electron chi connectivity index (χ2n) is 8.28. The molecule has 0 radical (unpaired) electrons. The molecule has 4 saturated heterocycles. The highest BCUT2D eigenvalue weighted by atomic mass is 16.6. The van der Waals surface area contributed by atoms with E-state index in [1.54, 1.807) is 6.07 Å². The van der Waals surface area contributed by atoms with Gasteiger partial charge in [0.25, 0.3) is 6.17 Å². The Morgan fingerprint density at radius 3 is 2.04 bits per heavy atom. The van der Waals surface area contributed by atoms with Crippen LogP contribution in [0.5, 0.6) is 0 Å². The van der Waals surface area contributed by atoms with Gasteiger partial charge in [-0.25, -0.2) is 0 Å². The fraction of sp³-hybridized carbons (Fsp3) is 0.722. The third-order valence-corrected chi connectivity index (χ3v) is 6.58. The number of quaternary nitrogens is 2. The molecule has 25 heavy (non-hydrogen) atoms. The molecule has 0 atom stereocenters. The average Bonchev–Trinajstić information content (AvgIpc) is 3.02. The van der Waals surface area contributed by atoms with Crippen LogP contribution >= 0.6 is 0 Å². The molecule has 1 aromatic rings. The molecule has 4 aliphatic heterocycles. The van der Waals surface area contributed by atoms with E-state index in [0.717, 1.165) is 51.9 Å². The van der Waals surface area contributed by atoms with Crippen molar-refractivity contribution in [1.29, 1.82) is 0 Å². The predicted octanol–water partition coefficient (Wildman–Crippen LogP) is 0.139. The maximum Gasteiger partial charge on any atom is 0.433 e. The molecule has 2 N–H and O–H groups in total. The van der Waals surface area contributed by atoms with Gasteiger partial charge in [0.1, 0.15) is 41.9 Å². The van der Waals surface area contributed by atoms with E-state index in [1.807, 2.05) is 0 Å². The summed E-state index contributed by atoms with van der Waals surface area (Å²) in [4.78, 5) is 26.6. The van der Waals surface area contributed by atoms with E-state index in [2.05, 4.69) is 13.8 Å². The summed E-state index contributed by atoms with van der Waals surface area (Å²) in [6.45, 7) is 7.67. The number of hydrogen-bond donors (Lipinski definition) is 2. The molecule has 4 bridgehead atoms. The number of nitrogens with one attached hydrogen (secondary N) is 2. The number of carbonyl (C=O) groups excluding carboxylic acids is 1. The quantitative estimate of drug-likeness (QED) is 0.565. The van der Waals surface area contributed by atoms with Crippen molar-refractivity contribution >= 4 is 11.7 Å². The van der Waals surface area contributed by atoms with Gasteiger partial charge in [0, 0.05) is 6.07 Å². The molecular weight excluding hydrogens is 322 g/mol. The summed E-state index contributed by atoms with van der Waals surface area (Å²) in [5.74, 6) is 1.01. The highest BCUT2D eigenvalue weighted by molar-refractivity contribution is 5.92. The second kappa shape index (κ2) is 5.64. The highest BCUT2D eigenvalue weighted by Crippen LogP contribution is 2.42. The molecule has 1 aromatic heterocycles. The molecular formula is C18H27N3O4+2. The van der Waals surface area contributed by atoms with Crippen molar-refractivity contribution < 1.29 is 23.9 Å². The molecule has 7 nitrogen and oxygen atoms in total. The smallest absolute Gasteiger partial charge is 0.392 e. The maximum atomic E-state index is 13.4. The number of Topliss-reactive ketones (excluding diaryl/α,β-unsaturated/α-hetero) is 1. The van der Waals surface area contributed by atoms with Gasteiger partial charge in [-0.2, -0.15) is 0 Å². The SMILES string of the molecule is CCCC12C[NH+]3CC(CCC)(C[NH+](C1)C3c1ccc([N+](=O)[O-])o1)C2=O. The van der Waals surface area contributed by atoms with Crippen LogP contribution in [0.25, 0.3) is 0 Å². The van der Waals surface area contributed by atoms with Gasteiger partial charge in [0.15, 0.2) is 5.78 Å². The van der Waals surface area contributed by atoms with Gasteiger partial charge in [-0.3, -0.25) is 24.7 Å². The molecule has 0 amide bonds. The van der Waals surface area contributed by atoms with Gasteiger partial charge in [0.2, 0.25) is 5.76 Å². The van der Waals surface area contributed by atoms with Gasteiger partial charge < -0.3 is 4.42 Å². The molecule has 0 aromatic carbocycles. The minimum Gasteiger partial charge on any atom is -0.392 e. The number of carbonyl (C=O) groups is 1. The van der Waals surface area contributed by atoms with Gasteiger partial charge in [-0.05, 0) is 12.8 Å². The number of nitro groups is 1. The summed E-state index contributed by atoms with van der Waals surface area (Å²) in [5, 5.41) is 11.0. The first-order valence-corrected chi connectivity index (χ1v) is 9.43. The molecule has 0 spiro atoms. The Bertz CT molecular complexity index is 669. The topological polar surface area (TPSA) is 82.2 Å². The summed E-state index contributed by atoms with van der Waals surface area (Å²) in [7, 11) is 0. The number of hydrogen-bond acceptors (Lipinski definition) is 4. The Labute approximate surface area is 147 Å². The van der Waals surface area contributed by atoms with Crippen LogP contribution in [0.15, 0.2) is 16.5 Å². The Balaban J connectivity index is 1.70. The molecule has 4 aliphatic rings. The molecule has 0 saturated carbocycles. The van der Waals surface area contributed by atoms with Crippen LogP contribution in [0.2, 0.25) is 0 Å². The molecule has 7 heteroatoms. The largest absolute Gasteiger partial charge is 0.433 e. The predicted molar refractivity (Wildman–Crippen MR) is 89.2 cm³/mol. The lowest BCUT2D eigenvalue weighted by atomic mass is 9.57. The minimum absolute atomic E-state index is 0.0803. The van der Waals surface area contributed by atoms with Gasteiger partial charge in [-0.15, -0.1) is 0 Å². The van der Waals surface area contributed by atoms with Crippen LogP contribution in [0.1, 0.15) is 51.5 Å². The maximum absolute atomic E-state index is 13.4. The number of ketones is 1. The fourth-order valence-corrected chi connectivity index (χ4v) is 6.10. The first-order chi connectivity index (χ1) is 11.9. The van der Waals surface area contributed by atoms with Crippen molar-refractivity contribution in [3.8, 4) is 0 Å². The first kappa shape index (κ1) is 16.7. The number of nitrogens with zero attached hydrogens (tertiary/aromatic N) is 1. The van der Waals surface area contributed by atoms with Crippen LogP contribution in [-0.4, -0.2) is 36.9 Å². The van der Waals surface area contributed by atoms with Crippen molar-refractivity contribution in [2.75, 3.05) is 26.2 Å². The van der Waals surface area contributed by atoms with Crippen molar-refractivity contribution in [3.05, 3.63) is 28.0 Å². The minimum atomic E-state index is -0.477. The van der Waals surface area contributed by atoms with E-state index < -0.39 is 4.92 Å². The summed E-state index contributed by atoms with van der Waals surface area (Å²) in [6.07, 6.45) is 4.03. The molecule has 136 valence electrons. The van der Waals surface area contributed by atoms with Crippen molar-refractivity contribution in [2.45, 2.75) is 45.7 Å². The summed E-state index contributed by atoms with van der Waals surface area (Å²) in [6, 6.07) is 3.21. The number of furan rings is 1. The van der Waals surface area contributed by atoms with Gasteiger partial charge >= 0.3 is 5.88 Å². The van der Waals surface area contributed by atoms with Crippen molar-refractivity contribution in [2.24, 2.45) is 10.8 Å². The van der Waals surface area contributed by atoms with E-state index in [1.165, 1.54) is 15.9 Å².